The van der Waals surface area contributed by atoms with Crippen molar-refractivity contribution in [1.82, 2.24) is 4.31 Å². The average molecular weight is 351 g/mol. The Labute approximate surface area is 121 Å². The monoisotopic (exact) mass is 350 g/mol. The van der Waals surface area contributed by atoms with Crippen molar-refractivity contribution in [2.75, 3.05) is 12.3 Å². The summed E-state index contributed by atoms with van der Waals surface area (Å²) in [6, 6.07) is 2.16. The number of nitrogens with two attached hydrogens (primary N) is 1. The smallest absolute Gasteiger partial charge is 0.246 e. The number of rotatable bonds is 2. The van der Waals surface area contributed by atoms with E-state index in [4.69, 9.17) is 5.73 Å². The number of anilines is 1. The van der Waals surface area contributed by atoms with Crippen LogP contribution in [0.2, 0.25) is 0 Å². The van der Waals surface area contributed by atoms with E-state index in [1.807, 2.05) is 6.92 Å². The Morgan fingerprint density at radius 3 is 2.74 bits per heavy atom. The van der Waals surface area contributed by atoms with Crippen LogP contribution in [0.25, 0.3) is 0 Å². The van der Waals surface area contributed by atoms with Crippen LogP contribution in [0.1, 0.15) is 26.2 Å². The van der Waals surface area contributed by atoms with Crippen molar-refractivity contribution in [3.63, 3.8) is 0 Å². The fraction of sp³-hybridized carbons (Fsp3) is 0.500. The number of nitrogen functional groups attached to an aromatic ring is 1. The summed E-state index contributed by atoms with van der Waals surface area (Å²) >= 11 is 3.08. The average Bonchev–Trinajstić information content (AvgIpc) is 2.34. The lowest BCUT2D eigenvalue weighted by atomic mass is 10.1. The molecule has 2 N–H and O–H groups in total. The molecule has 0 bridgehead atoms. The van der Waals surface area contributed by atoms with Crippen molar-refractivity contribution >= 4 is 31.6 Å². The van der Waals surface area contributed by atoms with Crippen molar-refractivity contribution in [1.29, 1.82) is 0 Å². The Kier molecular flexibility index (Phi) is 4.17. The maximum atomic E-state index is 13.9. The molecule has 1 aromatic rings. The molecular formula is C12H16BrFN2O2S. The first-order chi connectivity index (χ1) is 8.84. The van der Waals surface area contributed by atoms with E-state index in [1.165, 1.54) is 10.4 Å². The summed E-state index contributed by atoms with van der Waals surface area (Å²) in [4.78, 5) is -0.345. The van der Waals surface area contributed by atoms with Crippen molar-refractivity contribution in [3.8, 4) is 0 Å². The molecule has 1 heterocycles. The van der Waals surface area contributed by atoms with Gasteiger partial charge in [-0.25, -0.2) is 12.8 Å². The summed E-state index contributed by atoms with van der Waals surface area (Å²) in [7, 11) is -3.82. The predicted octanol–water partition coefficient (Wildman–Crippen LogP) is 2.73. The normalized spacial score (nSPS) is 21.5. The van der Waals surface area contributed by atoms with E-state index in [0.717, 1.165) is 25.3 Å². The first kappa shape index (κ1) is 14.7. The third kappa shape index (κ3) is 2.78. The Morgan fingerprint density at radius 2 is 2.11 bits per heavy atom. The summed E-state index contributed by atoms with van der Waals surface area (Å²) in [6.07, 6.45) is 2.60. The van der Waals surface area contributed by atoms with Crippen molar-refractivity contribution in [3.05, 3.63) is 22.4 Å². The summed E-state index contributed by atoms with van der Waals surface area (Å²) in [5.41, 5.74) is 5.87. The minimum Gasteiger partial charge on any atom is -0.398 e. The van der Waals surface area contributed by atoms with Gasteiger partial charge in [-0.2, -0.15) is 4.31 Å². The van der Waals surface area contributed by atoms with Crippen LogP contribution in [0.5, 0.6) is 0 Å². The summed E-state index contributed by atoms with van der Waals surface area (Å²) in [6.45, 7) is 2.27. The van der Waals surface area contributed by atoms with Gasteiger partial charge in [0.1, 0.15) is 10.7 Å². The van der Waals surface area contributed by atoms with Crippen LogP contribution >= 0.6 is 15.9 Å². The maximum absolute atomic E-state index is 13.9. The molecule has 2 rings (SSSR count). The highest BCUT2D eigenvalue weighted by molar-refractivity contribution is 9.10. The lowest BCUT2D eigenvalue weighted by Gasteiger charge is -2.32. The van der Waals surface area contributed by atoms with Crippen molar-refractivity contribution in [2.45, 2.75) is 37.1 Å². The molecule has 1 fully saturated rings. The molecule has 7 heteroatoms. The van der Waals surface area contributed by atoms with Crippen LogP contribution in [-0.2, 0) is 10.0 Å². The number of sulfonamides is 1. The Bertz CT molecular complexity index is 592. The lowest BCUT2D eigenvalue weighted by Crippen LogP contribution is -2.42. The SMILES string of the molecule is CC1CCCCN1S(=O)(=O)c1cc(N)c(Br)cc1F. The summed E-state index contributed by atoms with van der Waals surface area (Å²) < 4.78 is 40.6. The molecule has 0 saturated carbocycles. The van der Waals surface area contributed by atoms with Gasteiger partial charge >= 0.3 is 0 Å². The lowest BCUT2D eigenvalue weighted by molar-refractivity contribution is 0.268. The van der Waals surface area contributed by atoms with Crippen LogP contribution in [0.15, 0.2) is 21.5 Å². The summed E-state index contributed by atoms with van der Waals surface area (Å²) in [5, 5.41) is 0. The number of halogens is 2. The van der Waals surface area contributed by atoms with E-state index in [-0.39, 0.29) is 16.6 Å². The molecule has 1 aliphatic rings. The Hall–Kier alpha value is -0.660. The molecule has 0 spiro atoms. The molecule has 0 amide bonds. The van der Waals surface area contributed by atoms with Crippen LogP contribution in [0, 0.1) is 5.82 Å². The minimum absolute atomic E-state index is 0.108. The van der Waals surface area contributed by atoms with E-state index < -0.39 is 15.8 Å². The van der Waals surface area contributed by atoms with Crippen LogP contribution in [-0.4, -0.2) is 25.3 Å². The molecule has 0 radical (unpaired) electrons. The second-order valence-electron chi connectivity index (χ2n) is 4.76. The van der Waals surface area contributed by atoms with Crippen LogP contribution in [0.4, 0.5) is 10.1 Å². The number of benzene rings is 1. The highest BCUT2D eigenvalue weighted by atomic mass is 79.9. The number of nitrogens with zero attached hydrogens (tertiary/aromatic N) is 1. The summed E-state index contributed by atoms with van der Waals surface area (Å²) in [5.74, 6) is -0.779. The fourth-order valence-electron chi connectivity index (χ4n) is 2.30. The number of hydrogen-bond donors (Lipinski definition) is 1. The van der Waals surface area contributed by atoms with E-state index in [0.29, 0.717) is 11.0 Å². The molecule has 1 saturated heterocycles. The zero-order chi connectivity index (χ0) is 14.2. The third-order valence-electron chi connectivity index (χ3n) is 3.38. The standard InChI is InChI=1S/C12H16BrFN2O2S/c1-8-4-2-3-5-16(8)19(17,18)12-7-11(15)9(13)6-10(12)14/h6-8H,2-5,15H2,1H3. The first-order valence-electron chi connectivity index (χ1n) is 6.10. The third-order valence-corrected chi connectivity index (χ3v) is 6.10. The predicted molar refractivity (Wildman–Crippen MR) is 75.7 cm³/mol. The van der Waals surface area contributed by atoms with Crippen molar-refractivity contribution < 1.29 is 12.8 Å². The van der Waals surface area contributed by atoms with E-state index in [1.54, 1.807) is 0 Å². The zero-order valence-electron chi connectivity index (χ0n) is 10.6. The fourth-order valence-corrected chi connectivity index (χ4v) is 4.40. The number of hydrogen-bond acceptors (Lipinski definition) is 3. The van der Waals surface area contributed by atoms with Gasteiger partial charge in [-0.1, -0.05) is 6.42 Å². The van der Waals surface area contributed by atoms with Crippen LogP contribution < -0.4 is 5.73 Å². The van der Waals surface area contributed by atoms with Gasteiger partial charge in [-0.15, -0.1) is 0 Å². The topological polar surface area (TPSA) is 63.4 Å². The molecule has 1 aromatic carbocycles. The highest BCUT2D eigenvalue weighted by Gasteiger charge is 2.33. The molecule has 106 valence electrons. The molecular weight excluding hydrogens is 335 g/mol. The highest BCUT2D eigenvalue weighted by Crippen LogP contribution is 2.30. The van der Waals surface area contributed by atoms with Crippen LogP contribution in [0.3, 0.4) is 0 Å². The van der Waals surface area contributed by atoms with Gasteiger partial charge in [0.05, 0.1) is 0 Å². The zero-order valence-corrected chi connectivity index (χ0v) is 13.0. The van der Waals surface area contributed by atoms with E-state index in [9.17, 15) is 12.8 Å². The molecule has 4 nitrogen and oxygen atoms in total. The van der Waals surface area contributed by atoms with Gasteiger partial charge in [0.2, 0.25) is 10.0 Å². The Morgan fingerprint density at radius 1 is 1.42 bits per heavy atom. The molecule has 0 aliphatic carbocycles. The first-order valence-corrected chi connectivity index (χ1v) is 8.33. The minimum atomic E-state index is -3.82. The largest absolute Gasteiger partial charge is 0.398 e. The maximum Gasteiger partial charge on any atom is 0.246 e. The quantitative estimate of drug-likeness (QED) is 0.834. The van der Waals surface area contributed by atoms with Gasteiger partial charge in [0.25, 0.3) is 0 Å². The number of piperidine rings is 1. The second kappa shape index (κ2) is 5.38. The van der Waals surface area contributed by atoms with Gasteiger partial charge in [-0.3, -0.25) is 0 Å². The molecule has 19 heavy (non-hydrogen) atoms. The van der Waals surface area contributed by atoms with Gasteiger partial charge in [0.15, 0.2) is 0 Å². The van der Waals surface area contributed by atoms with Gasteiger partial charge in [-0.05, 0) is 47.8 Å². The second-order valence-corrected chi connectivity index (χ2v) is 7.48. The van der Waals surface area contributed by atoms with E-state index >= 15 is 0 Å². The van der Waals surface area contributed by atoms with Gasteiger partial charge < -0.3 is 5.73 Å². The van der Waals surface area contributed by atoms with Gasteiger partial charge in [0, 0.05) is 22.7 Å². The molecule has 0 aromatic heterocycles. The van der Waals surface area contributed by atoms with E-state index in [2.05, 4.69) is 15.9 Å². The molecule has 1 aliphatic heterocycles. The Balaban J connectivity index is 2.47. The van der Waals surface area contributed by atoms with Crippen molar-refractivity contribution in [2.24, 2.45) is 0 Å². The molecule has 1 atom stereocenters. The molecule has 1 unspecified atom stereocenters.